The molecule has 3 aromatic heterocycles. The zero-order valence-corrected chi connectivity index (χ0v) is 14.9. The van der Waals surface area contributed by atoms with Crippen LogP contribution in [0.3, 0.4) is 0 Å². The van der Waals surface area contributed by atoms with E-state index in [-0.39, 0.29) is 5.54 Å². The molecule has 0 bridgehead atoms. The molecule has 0 radical (unpaired) electrons. The van der Waals surface area contributed by atoms with Crippen LogP contribution in [-0.2, 0) is 12.1 Å². The highest BCUT2D eigenvalue weighted by Gasteiger charge is 2.28. The standard InChI is InChI=1S/C18H23N7/c1-18(2,3)25-16(21-22-23-25)12-24-10-8-14(11-24)15-7-6-13-5-4-9-19-17(13)20-15/h4-7,9,14H,8,10-12H2,1-3H3. The Kier molecular flexibility index (Phi) is 3.95. The summed E-state index contributed by atoms with van der Waals surface area (Å²) in [5.41, 5.74) is 1.85. The Balaban J connectivity index is 1.49. The summed E-state index contributed by atoms with van der Waals surface area (Å²) in [6, 6.07) is 8.25. The molecule has 0 aromatic carbocycles. The first-order valence-electron chi connectivity index (χ1n) is 8.72. The van der Waals surface area contributed by atoms with Crippen molar-refractivity contribution < 1.29 is 0 Å². The molecule has 4 heterocycles. The van der Waals surface area contributed by atoms with Crippen LogP contribution in [0, 0.1) is 0 Å². The predicted molar refractivity (Wildman–Crippen MR) is 95.0 cm³/mol. The Bertz CT molecular complexity index is 880. The lowest BCUT2D eigenvalue weighted by Crippen LogP contribution is -2.29. The number of rotatable bonds is 3. The van der Waals surface area contributed by atoms with Gasteiger partial charge in [0.25, 0.3) is 0 Å². The molecular weight excluding hydrogens is 314 g/mol. The Morgan fingerprint density at radius 2 is 2.08 bits per heavy atom. The van der Waals surface area contributed by atoms with Gasteiger partial charge in [0.1, 0.15) is 0 Å². The van der Waals surface area contributed by atoms with E-state index >= 15 is 0 Å². The van der Waals surface area contributed by atoms with Gasteiger partial charge in [-0.2, -0.15) is 0 Å². The van der Waals surface area contributed by atoms with E-state index in [1.54, 1.807) is 6.20 Å². The zero-order chi connectivity index (χ0) is 17.4. The maximum atomic E-state index is 4.76. The number of likely N-dealkylation sites (tertiary alicyclic amines) is 1. The van der Waals surface area contributed by atoms with Gasteiger partial charge in [-0.1, -0.05) is 0 Å². The van der Waals surface area contributed by atoms with Crippen LogP contribution >= 0.6 is 0 Å². The van der Waals surface area contributed by atoms with Crippen LogP contribution in [0.1, 0.15) is 44.6 Å². The zero-order valence-electron chi connectivity index (χ0n) is 14.9. The average molecular weight is 337 g/mol. The minimum Gasteiger partial charge on any atom is -0.295 e. The van der Waals surface area contributed by atoms with E-state index in [2.05, 4.69) is 58.3 Å². The molecule has 0 spiro atoms. The fraction of sp³-hybridized carbons (Fsp3) is 0.500. The first-order chi connectivity index (χ1) is 12.0. The Labute approximate surface area is 147 Å². The number of pyridine rings is 2. The molecule has 4 rings (SSSR count). The molecule has 7 heteroatoms. The van der Waals surface area contributed by atoms with Crippen molar-refractivity contribution in [1.29, 1.82) is 0 Å². The number of tetrazole rings is 1. The number of nitrogens with zero attached hydrogens (tertiary/aromatic N) is 7. The van der Waals surface area contributed by atoms with Gasteiger partial charge in [0, 0.05) is 29.7 Å². The van der Waals surface area contributed by atoms with E-state index in [1.807, 2.05) is 16.8 Å². The maximum absolute atomic E-state index is 4.76. The largest absolute Gasteiger partial charge is 0.295 e. The van der Waals surface area contributed by atoms with Crippen LogP contribution in [-0.4, -0.2) is 48.2 Å². The summed E-state index contributed by atoms with van der Waals surface area (Å²) in [6.45, 7) is 9.13. The van der Waals surface area contributed by atoms with Gasteiger partial charge in [-0.25, -0.2) is 14.6 Å². The van der Waals surface area contributed by atoms with Gasteiger partial charge in [-0.3, -0.25) is 4.90 Å². The topological polar surface area (TPSA) is 72.6 Å². The molecule has 130 valence electrons. The molecule has 0 saturated carbocycles. The fourth-order valence-electron chi connectivity index (χ4n) is 3.44. The fourth-order valence-corrected chi connectivity index (χ4v) is 3.44. The van der Waals surface area contributed by atoms with Gasteiger partial charge >= 0.3 is 0 Å². The maximum Gasteiger partial charge on any atom is 0.165 e. The number of aromatic nitrogens is 6. The van der Waals surface area contributed by atoms with Crippen molar-refractivity contribution in [2.24, 2.45) is 0 Å². The van der Waals surface area contributed by atoms with Gasteiger partial charge in [-0.05, 0) is 68.4 Å². The molecule has 1 saturated heterocycles. The van der Waals surface area contributed by atoms with Crippen LogP contribution in [0.2, 0.25) is 0 Å². The summed E-state index contributed by atoms with van der Waals surface area (Å²) in [6.07, 6.45) is 2.90. The second-order valence-electron chi connectivity index (χ2n) is 7.68. The normalized spacial score (nSPS) is 18.9. The highest BCUT2D eigenvalue weighted by Crippen LogP contribution is 2.28. The van der Waals surface area contributed by atoms with Crippen LogP contribution in [0.4, 0.5) is 0 Å². The molecule has 0 amide bonds. The monoisotopic (exact) mass is 337 g/mol. The third-order valence-corrected chi connectivity index (χ3v) is 4.71. The summed E-state index contributed by atoms with van der Waals surface area (Å²) >= 11 is 0. The smallest absolute Gasteiger partial charge is 0.165 e. The van der Waals surface area contributed by atoms with Crippen LogP contribution in [0.15, 0.2) is 30.5 Å². The van der Waals surface area contributed by atoms with Crippen LogP contribution in [0.5, 0.6) is 0 Å². The SMILES string of the molecule is CC(C)(C)n1nnnc1CN1CCC(c2ccc3cccnc3n2)C1. The van der Waals surface area contributed by atoms with E-state index < -0.39 is 0 Å². The molecule has 1 atom stereocenters. The summed E-state index contributed by atoms with van der Waals surface area (Å²) in [4.78, 5) is 11.5. The molecule has 0 aliphatic carbocycles. The van der Waals surface area contributed by atoms with Gasteiger partial charge in [-0.15, -0.1) is 5.10 Å². The third kappa shape index (κ3) is 3.24. The van der Waals surface area contributed by atoms with Crippen LogP contribution < -0.4 is 0 Å². The highest BCUT2D eigenvalue weighted by molar-refractivity contribution is 5.74. The van der Waals surface area contributed by atoms with Crippen molar-refractivity contribution in [3.8, 4) is 0 Å². The number of hydrogen-bond acceptors (Lipinski definition) is 6. The van der Waals surface area contributed by atoms with Crippen molar-refractivity contribution >= 4 is 11.0 Å². The Morgan fingerprint density at radius 1 is 1.20 bits per heavy atom. The first-order valence-corrected chi connectivity index (χ1v) is 8.72. The predicted octanol–water partition coefficient (Wildman–Crippen LogP) is 2.36. The minimum absolute atomic E-state index is 0.108. The quantitative estimate of drug-likeness (QED) is 0.730. The second kappa shape index (κ2) is 6.15. The average Bonchev–Trinajstić information content (AvgIpc) is 3.24. The number of hydrogen-bond donors (Lipinski definition) is 0. The molecule has 0 N–H and O–H groups in total. The summed E-state index contributed by atoms with van der Waals surface area (Å²) in [5, 5.41) is 13.3. The molecule has 3 aromatic rings. The van der Waals surface area contributed by atoms with Crippen molar-refractivity contribution in [1.82, 2.24) is 35.1 Å². The van der Waals surface area contributed by atoms with Gasteiger partial charge in [0.15, 0.2) is 11.5 Å². The van der Waals surface area contributed by atoms with E-state index in [4.69, 9.17) is 4.98 Å². The summed E-state index contributed by atoms with van der Waals surface area (Å²) in [7, 11) is 0. The van der Waals surface area contributed by atoms with Crippen molar-refractivity contribution in [2.45, 2.75) is 45.2 Å². The molecule has 25 heavy (non-hydrogen) atoms. The lowest BCUT2D eigenvalue weighted by molar-refractivity contribution is 0.278. The molecule has 1 aliphatic rings. The molecule has 1 aliphatic heterocycles. The molecule has 1 unspecified atom stereocenters. The van der Waals surface area contributed by atoms with Crippen molar-refractivity contribution in [3.63, 3.8) is 0 Å². The van der Waals surface area contributed by atoms with E-state index in [0.717, 1.165) is 48.6 Å². The molecule has 1 fully saturated rings. The second-order valence-corrected chi connectivity index (χ2v) is 7.68. The number of fused-ring (bicyclic) bond motifs is 1. The first kappa shape index (κ1) is 16.1. The van der Waals surface area contributed by atoms with E-state index in [9.17, 15) is 0 Å². The van der Waals surface area contributed by atoms with Crippen molar-refractivity contribution in [3.05, 3.63) is 42.0 Å². The summed E-state index contributed by atoms with van der Waals surface area (Å²) in [5.74, 6) is 1.35. The molecule has 7 nitrogen and oxygen atoms in total. The van der Waals surface area contributed by atoms with E-state index in [1.165, 1.54) is 0 Å². The Hall–Kier alpha value is -2.41. The van der Waals surface area contributed by atoms with Gasteiger partial charge in [0.05, 0.1) is 12.1 Å². The lowest BCUT2D eigenvalue weighted by atomic mass is 10.0. The molecular formula is C18H23N7. The highest BCUT2D eigenvalue weighted by atomic mass is 15.6. The third-order valence-electron chi connectivity index (χ3n) is 4.71. The van der Waals surface area contributed by atoms with Gasteiger partial charge in [0.2, 0.25) is 0 Å². The lowest BCUT2D eigenvalue weighted by Gasteiger charge is -2.22. The minimum atomic E-state index is -0.108. The van der Waals surface area contributed by atoms with Crippen LogP contribution in [0.25, 0.3) is 11.0 Å². The van der Waals surface area contributed by atoms with Gasteiger partial charge < -0.3 is 0 Å². The summed E-state index contributed by atoms with van der Waals surface area (Å²) < 4.78 is 1.92. The van der Waals surface area contributed by atoms with E-state index in [0.29, 0.717) is 5.92 Å². The Morgan fingerprint density at radius 3 is 2.92 bits per heavy atom. The van der Waals surface area contributed by atoms with Crippen molar-refractivity contribution in [2.75, 3.05) is 13.1 Å².